The molecule has 0 saturated heterocycles. The molecule has 0 aromatic carbocycles. The van der Waals surface area contributed by atoms with Gasteiger partial charge in [-0.3, -0.25) is 4.79 Å². The zero-order valence-corrected chi connectivity index (χ0v) is 9.94. The number of halogens is 3. The summed E-state index contributed by atoms with van der Waals surface area (Å²) in [5.74, 6) is -0.399. The molecule has 1 atom stereocenters. The van der Waals surface area contributed by atoms with Crippen LogP contribution >= 0.6 is 34.8 Å². The Morgan fingerprint density at radius 1 is 1.60 bits per heavy atom. The van der Waals surface area contributed by atoms with Crippen molar-refractivity contribution in [1.82, 2.24) is 5.32 Å². The smallest absolute Gasteiger partial charge is 0.289 e. The summed E-state index contributed by atoms with van der Waals surface area (Å²) >= 11 is 16.7. The van der Waals surface area contributed by atoms with E-state index in [1.165, 1.54) is 19.4 Å². The predicted octanol–water partition coefficient (Wildman–Crippen LogP) is 2.35. The zero-order chi connectivity index (χ0) is 11.5. The molecule has 7 heteroatoms. The largest absolute Gasteiger partial charge is 0.459 e. The first-order valence-electron chi connectivity index (χ1n) is 3.89. The van der Waals surface area contributed by atoms with Gasteiger partial charge >= 0.3 is 0 Å². The van der Waals surface area contributed by atoms with Gasteiger partial charge < -0.3 is 14.5 Å². The van der Waals surface area contributed by atoms with E-state index in [4.69, 9.17) is 44.0 Å². The molecule has 0 bridgehead atoms. The molecule has 0 unspecified atom stereocenters. The van der Waals surface area contributed by atoms with E-state index in [-0.39, 0.29) is 5.76 Å². The van der Waals surface area contributed by atoms with Crippen LogP contribution in [-0.4, -0.2) is 23.0 Å². The van der Waals surface area contributed by atoms with Gasteiger partial charge in [0.05, 0.1) is 6.26 Å². The van der Waals surface area contributed by atoms with Gasteiger partial charge in [-0.1, -0.05) is 34.8 Å². The van der Waals surface area contributed by atoms with Crippen LogP contribution in [0.25, 0.3) is 0 Å². The maximum atomic E-state index is 11.5. The highest BCUT2D eigenvalue weighted by molar-refractivity contribution is 6.68. The summed E-state index contributed by atoms with van der Waals surface area (Å²) in [5, 5.41) is 2.36. The number of methoxy groups -OCH3 is 1. The topological polar surface area (TPSA) is 51.5 Å². The number of amides is 1. The Kier molecular flexibility index (Phi) is 4.28. The Morgan fingerprint density at radius 2 is 2.27 bits per heavy atom. The first kappa shape index (κ1) is 12.6. The van der Waals surface area contributed by atoms with Crippen molar-refractivity contribution >= 4 is 40.7 Å². The molecule has 0 radical (unpaired) electrons. The van der Waals surface area contributed by atoms with E-state index in [2.05, 4.69) is 5.32 Å². The fraction of sp³-hybridized carbons (Fsp3) is 0.375. The number of furan rings is 1. The maximum absolute atomic E-state index is 11.5. The summed E-state index contributed by atoms with van der Waals surface area (Å²) in [4.78, 5) is 11.5. The molecule has 0 fully saturated rings. The van der Waals surface area contributed by atoms with Crippen molar-refractivity contribution in [2.45, 2.75) is 10.0 Å². The van der Waals surface area contributed by atoms with Crippen LogP contribution in [0.15, 0.2) is 22.8 Å². The van der Waals surface area contributed by atoms with Crippen LogP contribution in [0.1, 0.15) is 10.6 Å². The van der Waals surface area contributed by atoms with E-state index >= 15 is 0 Å². The van der Waals surface area contributed by atoms with E-state index in [9.17, 15) is 4.79 Å². The van der Waals surface area contributed by atoms with Gasteiger partial charge in [0.15, 0.2) is 12.0 Å². The minimum absolute atomic E-state index is 0.117. The van der Waals surface area contributed by atoms with Crippen molar-refractivity contribution in [3.05, 3.63) is 24.2 Å². The third-order valence-electron chi connectivity index (χ3n) is 1.54. The van der Waals surface area contributed by atoms with Gasteiger partial charge in [-0.25, -0.2) is 0 Å². The van der Waals surface area contributed by atoms with Crippen molar-refractivity contribution in [3.8, 4) is 0 Å². The summed E-state index contributed by atoms with van der Waals surface area (Å²) in [6.45, 7) is 0. The van der Waals surface area contributed by atoms with Gasteiger partial charge in [0.1, 0.15) is 0 Å². The van der Waals surface area contributed by atoms with Crippen LogP contribution < -0.4 is 5.32 Å². The van der Waals surface area contributed by atoms with E-state index in [1.54, 1.807) is 6.07 Å². The lowest BCUT2D eigenvalue weighted by Crippen LogP contribution is -2.44. The molecule has 0 aliphatic rings. The molecule has 0 spiro atoms. The highest BCUT2D eigenvalue weighted by atomic mass is 35.6. The van der Waals surface area contributed by atoms with Crippen LogP contribution in [0.5, 0.6) is 0 Å². The molecule has 1 rings (SSSR count). The number of alkyl halides is 3. The van der Waals surface area contributed by atoms with E-state index in [0.717, 1.165) is 0 Å². The van der Waals surface area contributed by atoms with Crippen LogP contribution in [0.2, 0.25) is 0 Å². The number of carbonyl (C=O) groups is 1. The van der Waals surface area contributed by atoms with Gasteiger partial charge in [-0.15, -0.1) is 0 Å². The second kappa shape index (κ2) is 5.07. The number of rotatable bonds is 3. The second-order valence-electron chi connectivity index (χ2n) is 2.61. The first-order chi connectivity index (χ1) is 6.95. The van der Waals surface area contributed by atoms with Crippen molar-refractivity contribution < 1.29 is 13.9 Å². The lowest BCUT2D eigenvalue weighted by atomic mass is 10.4. The molecule has 1 N–H and O–H groups in total. The van der Waals surface area contributed by atoms with E-state index < -0.39 is 15.9 Å². The Labute approximate surface area is 101 Å². The highest BCUT2D eigenvalue weighted by Crippen LogP contribution is 2.30. The quantitative estimate of drug-likeness (QED) is 0.679. The standard InChI is InChI=1S/C8H8Cl3NO3/c1-14-7(8(9,10)11)12-6(13)5-3-2-4-15-5/h2-4,7H,1H3,(H,12,13)/t7-/m0/s1. The fourth-order valence-electron chi connectivity index (χ4n) is 0.872. The number of hydrogen-bond acceptors (Lipinski definition) is 3. The Balaban J connectivity index is 2.65. The summed E-state index contributed by atoms with van der Waals surface area (Å²) < 4.78 is 7.93. The zero-order valence-electron chi connectivity index (χ0n) is 7.67. The third kappa shape index (κ3) is 3.57. The molecule has 4 nitrogen and oxygen atoms in total. The molecule has 0 saturated carbocycles. The molecule has 0 aliphatic carbocycles. The molecule has 0 aliphatic heterocycles. The minimum atomic E-state index is -1.74. The van der Waals surface area contributed by atoms with Crippen molar-refractivity contribution in [1.29, 1.82) is 0 Å². The van der Waals surface area contributed by atoms with Gasteiger partial charge in [0.25, 0.3) is 5.91 Å². The van der Waals surface area contributed by atoms with Gasteiger partial charge in [-0.05, 0) is 12.1 Å². The number of carbonyl (C=O) groups excluding carboxylic acids is 1. The predicted molar refractivity (Wildman–Crippen MR) is 57.3 cm³/mol. The minimum Gasteiger partial charge on any atom is -0.459 e. The average Bonchev–Trinajstić information content (AvgIpc) is 2.64. The molecule has 1 aromatic rings. The number of hydrogen-bond donors (Lipinski definition) is 1. The average molecular weight is 273 g/mol. The third-order valence-corrected chi connectivity index (χ3v) is 2.13. The van der Waals surface area contributed by atoms with Gasteiger partial charge in [0, 0.05) is 7.11 Å². The molecular formula is C8H8Cl3NO3. The summed E-state index contributed by atoms with van der Waals surface area (Å²) in [5.41, 5.74) is 0. The summed E-state index contributed by atoms with van der Waals surface area (Å²) in [6.07, 6.45) is 0.326. The van der Waals surface area contributed by atoms with Crippen molar-refractivity contribution in [2.75, 3.05) is 7.11 Å². The van der Waals surface area contributed by atoms with Crippen LogP contribution in [0, 0.1) is 0 Å². The van der Waals surface area contributed by atoms with Crippen LogP contribution in [0.3, 0.4) is 0 Å². The Morgan fingerprint density at radius 3 is 2.67 bits per heavy atom. The SMILES string of the molecule is CO[C@H](NC(=O)c1ccco1)C(Cl)(Cl)Cl. The maximum Gasteiger partial charge on any atom is 0.289 e. The molecule has 1 heterocycles. The van der Waals surface area contributed by atoms with Crippen LogP contribution in [-0.2, 0) is 4.74 Å². The molecule has 1 amide bonds. The number of ether oxygens (including phenoxy) is 1. The number of nitrogens with one attached hydrogen (secondary N) is 1. The van der Waals surface area contributed by atoms with Gasteiger partial charge in [0.2, 0.25) is 3.79 Å². The summed E-state index contributed by atoms with van der Waals surface area (Å²) in [6, 6.07) is 3.06. The fourth-order valence-corrected chi connectivity index (χ4v) is 1.30. The lowest BCUT2D eigenvalue weighted by molar-refractivity contribution is 0.0577. The molecule has 15 heavy (non-hydrogen) atoms. The molecular weight excluding hydrogens is 264 g/mol. The molecule has 1 aromatic heterocycles. The van der Waals surface area contributed by atoms with Crippen molar-refractivity contribution in [3.63, 3.8) is 0 Å². The van der Waals surface area contributed by atoms with Crippen LogP contribution in [0.4, 0.5) is 0 Å². The summed E-state index contributed by atoms with van der Waals surface area (Å²) in [7, 11) is 1.31. The molecule has 84 valence electrons. The Bertz CT molecular complexity index is 320. The normalized spacial score (nSPS) is 13.6. The highest BCUT2D eigenvalue weighted by Gasteiger charge is 2.34. The van der Waals surface area contributed by atoms with E-state index in [0.29, 0.717) is 0 Å². The Hall–Kier alpha value is -0.420. The van der Waals surface area contributed by atoms with E-state index in [1.807, 2.05) is 0 Å². The first-order valence-corrected chi connectivity index (χ1v) is 5.02. The monoisotopic (exact) mass is 271 g/mol. The van der Waals surface area contributed by atoms with Gasteiger partial charge in [-0.2, -0.15) is 0 Å². The second-order valence-corrected chi connectivity index (χ2v) is 4.98. The van der Waals surface area contributed by atoms with Crippen molar-refractivity contribution in [2.24, 2.45) is 0 Å². The lowest BCUT2D eigenvalue weighted by Gasteiger charge is -2.23.